The monoisotopic (exact) mass is 487 g/mol. The van der Waals surface area contributed by atoms with Crippen LogP contribution < -0.4 is 15.0 Å². The fraction of sp³-hybridized carbons (Fsp3) is 0.455. The lowest BCUT2D eigenvalue weighted by Crippen LogP contribution is -2.51. The second kappa shape index (κ2) is 9.44. The highest BCUT2D eigenvalue weighted by atomic mass is 32.2. The van der Waals surface area contributed by atoms with Crippen LogP contribution in [-0.2, 0) is 21.4 Å². The molecular weight excluding hydrogens is 462 g/mol. The smallest absolute Gasteiger partial charge is 0.285 e. The quantitative estimate of drug-likeness (QED) is 0.606. The van der Waals surface area contributed by atoms with Crippen LogP contribution in [0, 0.1) is 25.2 Å². The molecule has 0 spiro atoms. The molecule has 0 atom stereocenters. The number of benzene rings is 1. The average Bonchev–Trinajstić information content (AvgIpc) is 3.08. The van der Waals surface area contributed by atoms with Gasteiger partial charge in [0.1, 0.15) is 18.2 Å². The first-order valence-corrected chi connectivity index (χ1v) is 12.3. The summed E-state index contributed by atoms with van der Waals surface area (Å²) in [5.74, 6) is 0.548. The molecule has 34 heavy (non-hydrogen) atoms. The van der Waals surface area contributed by atoms with E-state index in [1.807, 2.05) is 6.07 Å². The topological polar surface area (TPSA) is 135 Å². The Bertz CT molecular complexity index is 1320. The molecule has 12 heteroatoms. The predicted molar refractivity (Wildman–Crippen MR) is 120 cm³/mol. The van der Waals surface area contributed by atoms with E-state index in [2.05, 4.69) is 5.10 Å². The van der Waals surface area contributed by atoms with Crippen molar-refractivity contribution in [2.24, 2.45) is 0 Å². The lowest BCUT2D eigenvalue weighted by Gasteiger charge is -2.34. The third-order valence-corrected chi connectivity index (χ3v) is 7.88. The van der Waals surface area contributed by atoms with Gasteiger partial charge in [-0.05, 0) is 31.5 Å². The van der Waals surface area contributed by atoms with Gasteiger partial charge in [0.15, 0.2) is 11.5 Å². The number of carbonyl (C=O) groups is 1. The van der Waals surface area contributed by atoms with Gasteiger partial charge in [0.05, 0.1) is 23.8 Å². The van der Waals surface area contributed by atoms with Gasteiger partial charge in [-0.25, -0.2) is 13.1 Å². The van der Waals surface area contributed by atoms with Gasteiger partial charge in [-0.3, -0.25) is 9.59 Å². The minimum absolute atomic E-state index is 0.0358. The predicted octanol–water partition coefficient (Wildman–Crippen LogP) is 0.426. The van der Waals surface area contributed by atoms with Crippen molar-refractivity contribution in [2.75, 3.05) is 39.4 Å². The van der Waals surface area contributed by atoms with E-state index in [0.717, 1.165) is 4.68 Å². The van der Waals surface area contributed by atoms with Crippen molar-refractivity contribution in [3.05, 3.63) is 45.4 Å². The molecule has 1 amide bonds. The molecular formula is C22H25N5O6S. The normalized spacial score (nSPS) is 16.6. The van der Waals surface area contributed by atoms with Crippen LogP contribution >= 0.6 is 0 Å². The van der Waals surface area contributed by atoms with Crippen LogP contribution in [0.3, 0.4) is 0 Å². The Hall–Kier alpha value is -3.43. The van der Waals surface area contributed by atoms with Gasteiger partial charge in [-0.2, -0.15) is 14.7 Å². The van der Waals surface area contributed by atoms with Gasteiger partial charge in [-0.1, -0.05) is 0 Å². The fourth-order valence-electron chi connectivity index (χ4n) is 3.87. The first-order valence-electron chi connectivity index (χ1n) is 10.9. The van der Waals surface area contributed by atoms with Crippen molar-refractivity contribution in [3.8, 4) is 17.6 Å². The number of rotatable bonds is 4. The number of fused-ring (bicyclic) bond motifs is 1. The fourth-order valence-corrected chi connectivity index (χ4v) is 5.31. The summed E-state index contributed by atoms with van der Waals surface area (Å²) in [5.41, 5.74) is 0.334. The zero-order valence-corrected chi connectivity index (χ0v) is 19.8. The number of amides is 1. The average molecular weight is 488 g/mol. The highest BCUT2D eigenvalue weighted by Crippen LogP contribution is 2.33. The Labute approximate surface area is 197 Å². The molecule has 0 unspecified atom stereocenters. The highest BCUT2D eigenvalue weighted by molar-refractivity contribution is 7.89. The molecule has 1 fully saturated rings. The summed E-state index contributed by atoms with van der Waals surface area (Å²) in [5, 5.41) is 13.4. The van der Waals surface area contributed by atoms with Gasteiger partial charge in [0.2, 0.25) is 15.9 Å². The van der Waals surface area contributed by atoms with Crippen LogP contribution in [-0.4, -0.2) is 72.7 Å². The highest BCUT2D eigenvalue weighted by Gasteiger charge is 2.31. The number of hydrogen-bond acceptors (Lipinski definition) is 8. The van der Waals surface area contributed by atoms with Gasteiger partial charge < -0.3 is 14.4 Å². The van der Waals surface area contributed by atoms with Crippen molar-refractivity contribution in [1.29, 1.82) is 5.26 Å². The molecule has 2 aliphatic heterocycles. The standard InChI is InChI=1S/C22H25N5O6S/c1-15-16(2)24-27(22(29)18(15)13-23)14-21(28)25-6-8-26(9-7-25)34(30,31)17-4-5-19-20(12-17)33-11-3-10-32-19/h4-5,12H,3,6-11,14H2,1-2H3. The van der Waals surface area contributed by atoms with Crippen molar-refractivity contribution in [2.45, 2.75) is 31.7 Å². The Kier molecular flexibility index (Phi) is 6.58. The lowest BCUT2D eigenvalue weighted by atomic mass is 10.1. The Morgan fingerprint density at radius 2 is 1.79 bits per heavy atom. The maximum Gasteiger partial charge on any atom is 0.285 e. The van der Waals surface area contributed by atoms with Crippen LogP contribution in [0.15, 0.2) is 27.9 Å². The SMILES string of the molecule is Cc1nn(CC(=O)N2CCN(S(=O)(=O)c3ccc4c(c3)OCCCO4)CC2)c(=O)c(C#N)c1C. The third-order valence-electron chi connectivity index (χ3n) is 5.98. The van der Waals surface area contributed by atoms with E-state index in [1.54, 1.807) is 19.9 Å². The summed E-state index contributed by atoms with van der Waals surface area (Å²) in [6.07, 6.45) is 0.717. The first-order chi connectivity index (χ1) is 16.2. The summed E-state index contributed by atoms with van der Waals surface area (Å²) >= 11 is 0. The zero-order valence-electron chi connectivity index (χ0n) is 19.0. The number of carbonyl (C=O) groups excluding carboxylic acids is 1. The number of sulfonamides is 1. The molecule has 1 saturated heterocycles. The van der Waals surface area contributed by atoms with Crippen molar-refractivity contribution >= 4 is 15.9 Å². The number of aryl methyl sites for hydroxylation is 1. The summed E-state index contributed by atoms with van der Waals surface area (Å²) in [4.78, 5) is 26.8. The first kappa shape index (κ1) is 23.7. The lowest BCUT2D eigenvalue weighted by molar-refractivity contribution is -0.133. The summed E-state index contributed by atoms with van der Waals surface area (Å²) in [7, 11) is -3.79. The number of hydrogen-bond donors (Lipinski definition) is 0. The molecule has 1 aromatic carbocycles. The molecule has 180 valence electrons. The van der Waals surface area contributed by atoms with Gasteiger partial charge in [0, 0.05) is 38.7 Å². The van der Waals surface area contributed by atoms with Crippen LogP contribution in [0.4, 0.5) is 0 Å². The van der Waals surface area contributed by atoms with Gasteiger partial charge in [-0.15, -0.1) is 0 Å². The molecule has 3 heterocycles. The second-order valence-electron chi connectivity index (χ2n) is 8.10. The Balaban J connectivity index is 1.44. The minimum Gasteiger partial charge on any atom is -0.490 e. The van der Waals surface area contributed by atoms with Crippen LogP contribution in [0.2, 0.25) is 0 Å². The molecule has 0 aliphatic carbocycles. The molecule has 2 aromatic rings. The summed E-state index contributed by atoms with van der Waals surface area (Å²) in [6, 6.07) is 6.43. The molecule has 0 radical (unpaired) electrons. The van der Waals surface area contributed by atoms with E-state index in [-0.39, 0.29) is 49.1 Å². The van der Waals surface area contributed by atoms with Crippen LogP contribution in [0.5, 0.6) is 11.5 Å². The molecule has 4 rings (SSSR count). The van der Waals surface area contributed by atoms with E-state index in [1.165, 1.54) is 21.3 Å². The summed E-state index contributed by atoms with van der Waals surface area (Å²) < 4.78 is 39.8. The van der Waals surface area contributed by atoms with Gasteiger partial charge in [0.25, 0.3) is 5.56 Å². The zero-order chi connectivity index (χ0) is 24.5. The number of nitriles is 1. The molecule has 11 nitrogen and oxygen atoms in total. The molecule has 0 N–H and O–H groups in total. The summed E-state index contributed by atoms with van der Waals surface area (Å²) in [6.45, 7) is 4.52. The largest absolute Gasteiger partial charge is 0.490 e. The number of nitrogens with zero attached hydrogens (tertiary/aromatic N) is 5. The Morgan fingerprint density at radius 1 is 1.12 bits per heavy atom. The maximum atomic E-state index is 13.2. The molecule has 0 saturated carbocycles. The third kappa shape index (κ3) is 4.49. The van der Waals surface area contributed by atoms with E-state index < -0.39 is 15.6 Å². The van der Waals surface area contributed by atoms with Crippen molar-refractivity contribution in [3.63, 3.8) is 0 Å². The molecule has 0 bridgehead atoms. The van der Waals surface area contributed by atoms with Crippen molar-refractivity contribution in [1.82, 2.24) is 19.0 Å². The van der Waals surface area contributed by atoms with E-state index >= 15 is 0 Å². The van der Waals surface area contributed by atoms with Crippen LogP contribution in [0.1, 0.15) is 23.2 Å². The number of aromatic nitrogens is 2. The van der Waals surface area contributed by atoms with Gasteiger partial charge >= 0.3 is 0 Å². The van der Waals surface area contributed by atoms with E-state index in [0.29, 0.717) is 42.4 Å². The maximum absolute atomic E-state index is 13.2. The second-order valence-corrected chi connectivity index (χ2v) is 10.0. The number of ether oxygens (including phenoxy) is 2. The minimum atomic E-state index is -3.79. The van der Waals surface area contributed by atoms with Crippen molar-refractivity contribution < 1.29 is 22.7 Å². The molecule has 2 aliphatic rings. The van der Waals surface area contributed by atoms with E-state index in [4.69, 9.17) is 9.47 Å². The Morgan fingerprint density at radius 3 is 2.47 bits per heavy atom. The number of piperazine rings is 1. The van der Waals surface area contributed by atoms with E-state index in [9.17, 15) is 23.3 Å². The molecule has 1 aromatic heterocycles. The van der Waals surface area contributed by atoms with Crippen LogP contribution in [0.25, 0.3) is 0 Å².